The third-order valence-corrected chi connectivity index (χ3v) is 3.25. The van der Waals surface area contributed by atoms with Gasteiger partial charge < -0.3 is 14.1 Å². The Hall–Kier alpha value is -3.14. The average Bonchev–Trinajstić information content (AvgIpc) is 3.00. The summed E-state index contributed by atoms with van der Waals surface area (Å²) in [5.74, 6) is -0.765. The van der Waals surface area contributed by atoms with E-state index >= 15 is 0 Å². The molecule has 1 amide bonds. The predicted molar refractivity (Wildman–Crippen MR) is 86.5 cm³/mol. The van der Waals surface area contributed by atoms with E-state index in [9.17, 15) is 9.59 Å². The van der Waals surface area contributed by atoms with E-state index in [-0.39, 0.29) is 24.8 Å². The fourth-order valence-corrected chi connectivity index (χ4v) is 2.00. The number of ether oxygens (including phenoxy) is 1. The minimum atomic E-state index is -0.936. The zero-order valence-corrected chi connectivity index (χ0v) is 13.4. The minimum Gasteiger partial charge on any atom is -0.449 e. The van der Waals surface area contributed by atoms with Crippen LogP contribution in [0.25, 0.3) is 17.2 Å². The largest absolute Gasteiger partial charge is 0.449 e. The van der Waals surface area contributed by atoms with Crippen molar-refractivity contribution in [3.63, 3.8) is 0 Å². The maximum absolute atomic E-state index is 12.0. The molecule has 0 spiro atoms. The highest BCUT2D eigenvalue weighted by Gasteiger charge is 2.20. The molecule has 1 heterocycles. The molecule has 0 radical (unpaired) electrons. The van der Waals surface area contributed by atoms with E-state index in [0.29, 0.717) is 11.1 Å². The second-order valence-electron chi connectivity index (χ2n) is 5.10. The summed E-state index contributed by atoms with van der Waals surface area (Å²) in [5.41, 5.74) is 1.31. The van der Waals surface area contributed by atoms with Crippen LogP contribution in [0.15, 0.2) is 34.8 Å². The summed E-state index contributed by atoms with van der Waals surface area (Å²) in [7, 11) is 1.55. The molecule has 2 rings (SSSR count). The van der Waals surface area contributed by atoms with E-state index in [1.807, 2.05) is 18.2 Å². The van der Waals surface area contributed by atoms with Crippen LogP contribution in [0.3, 0.4) is 0 Å². The lowest BCUT2D eigenvalue weighted by Crippen LogP contribution is -2.37. The van der Waals surface area contributed by atoms with Crippen LogP contribution in [0.2, 0.25) is 0 Å². The molecule has 24 heavy (non-hydrogen) atoms. The lowest BCUT2D eigenvalue weighted by Gasteiger charge is -2.19. The van der Waals surface area contributed by atoms with Crippen molar-refractivity contribution in [3.8, 4) is 6.07 Å². The first-order valence-corrected chi connectivity index (χ1v) is 7.37. The van der Waals surface area contributed by atoms with Crippen molar-refractivity contribution >= 4 is 29.1 Å². The predicted octanol–water partition coefficient (Wildman–Crippen LogP) is 2.14. The molecule has 0 fully saturated rings. The van der Waals surface area contributed by atoms with Gasteiger partial charge in [-0.1, -0.05) is 12.1 Å². The number of amides is 1. The monoisotopic (exact) mass is 327 g/mol. The van der Waals surface area contributed by atoms with Crippen molar-refractivity contribution in [2.45, 2.75) is 19.4 Å². The quantitative estimate of drug-likeness (QED) is 0.596. The van der Waals surface area contributed by atoms with Crippen molar-refractivity contribution in [1.82, 2.24) is 9.88 Å². The second kappa shape index (κ2) is 7.92. The van der Waals surface area contributed by atoms with Gasteiger partial charge >= 0.3 is 5.97 Å². The molecule has 0 saturated carbocycles. The number of para-hydroxylation sites is 2. The fraction of sp³-hybridized carbons (Fsp3) is 0.294. The average molecular weight is 327 g/mol. The van der Waals surface area contributed by atoms with Gasteiger partial charge in [0.05, 0.1) is 12.5 Å². The Bertz CT molecular complexity index is 771. The van der Waals surface area contributed by atoms with E-state index < -0.39 is 12.1 Å². The van der Waals surface area contributed by atoms with E-state index in [4.69, 9.17) is 14.4 Å². The Morgan fingerprint density at radius 2 is 2.21 bits per heavy atom. The molecular weight excluding hydrogens is 310 g/mol. The standard InChI is InChI=1S/C17H17N3O4/c1-12(17(22)20(2)11-5-10-18)23-16(21)9-8-15-19-13-6-3-4-7-14(13)24-15/h3-4,6-9,12H,5,11H2,1-2H3/b9-8+/t12-/m0/s1. The first-order valence-electron chi connectivity index (χ1n) is 7.37. The van der Waals surface area contributed by atoms with Crippen molar-refractivity contribution in [3.05, 3.63) is 36.2 Å². The van der Waals surface area contributed by atoms with Crippen LogP contribution >= 0.6 is 0 Å². The molecule has 0 bridgehead atoms. The van der Waals surface area contributed by atoms with Gasteiger partial charge in [0.2, 0.25) is 5.89 Å². The smallest absolute Gasteiger partial charge is 0.331 e. The summed E-state index contributed by atoms with van der Waals surface area (Å²) in [6.07, 6.45) is 1.83. The van der Waals surface area contributed by atoms with Crippen LogP contribution in [0.1, 0.15) is 19.2 Å². The number of oxazole rings is 1. The van der Waals surface area contributed by atoms with Crippen molar-refractivity contribution in [2.75, 3.05) is 13.6 Å². The van der Waals surface area contributed by atoms with Gasteiger partial charge in [0, 0.05) is 25.7 Å². The summed E-state index contributed by atoms with van der Waals surface area (Å²) in [6, 6.07) is 9.18. The third kappa shape index (κ3) is 4.43. The maximum Gasteiger partial charge on any atom is 0.331 e. The molecule has 7 heteroatoms. The number of aromatic nitrogens is 1. The first-order chi connectivity index (χ1) is 11.5. The van der Waals surface area contributed by atoms with Crippen molar-refractivity contribution in [1.29, 1.82) is 5.26 Å². The van der Waals surface area contributed by atoms with Crippen LogP contribution in [0, 0.1) is 11.3 Å². The van der Waals surface area contributed by atoms with Gasteiger partial charge in [-0.15, -0.1) is 0 Å². The van der Waals surface area contributed by atoms with E-state index in [1.165, 1.54) is 17.9 Å². The van der Waals surface area contributed by atoms with Crippen molar-refractivity contribution < 1.29 is 18.7 Å². The molecule has 2 aromatic rings. The highest BCUT2D eigenvalue weighted by atomic mass is 16.5. The zero-order chi connectivity index (χ0) is 17.5. The van der Waals surface area contributed by atoms with Crippen LogP contribution < -0.4 is 0 Å². The number of carbonyl (C=O) groups excluding carboxylic acids is 2. The normalized spacial score (nSPS) is 12.0. The van der Waals surface area contributed by atoms with Crippen LogP contribution in [-0.2, 0) is 14.3 Å². The number of hydrogen-bond donors (Lipinski definition) is 0. The number of carbonyl (C=O) groups is 2. The number of nitrogens with zero attached hydrogens (tertiary/aromatic N) is 3. The number of fused-ring (bicyclic) bond motifs is 1. The van der Waals surface area contributed by atoms with Gasteiger partial charge in [0.25, 0.3) is 5.91 Å². The highest BCUT2D eigenvalue weighted by Crippen LogP contribution is 2.15. The van der Waals surface area contributed by atoms with Gasteiger partial charge in [0.15, 0.2) is 11.7 Å². The Morgan fingerprint density at radius 3 is 2.92 bits per heavy atom. The summed E-state index contributed by atoms with van der Waals surface area (Å²) in [5, 5.41) is 8.51. The lowest BCUT2D eigenvalue weighted by atomic mass is 10.3. The lowest BCUT2D eigenvalue weighted by molar-refractivity contribution is -0.154. The summed E-state index contributed by atoms with van der Waals surface area (Å²) >= 11 is 0. The van der Waals surface area contributed by atoms with Gasteiger partial charge in [-0.3, -0.25) is 4.79 Å². The third-order valence-electron chi connectivity index (χ3n) is 3.25. The maximum atomic E-state index is 12.0. The molecule has 0 aliphatic carbocycles. The Morgan fingerprint density at radius 1 is 1.46 bits per heavy atom. The minimum absolute atomic E-state index is 0.223. The SMILES string of the molecule is C[C@H](OC(=O)/C=C/c1nc2ccccc2o1)C(=O)N(C)CCC#N. The Labute approximate surface area is 139 Å². The van der Waals surface area contributed by atoms with Gasteiger partial charge in [-0.2, -0.15) is 5.26 Å². The fourth-order valence-electron chi connectivity index (χ4n) is 2.00. The number of esters is 1. The van der Waals surface area contributed by atoms with E-state index in [0.717, 1.165) is 6.08 Å². The van der Waals surface area contributed by atoms with Gasteiger partial charge in [-0.05, 0) is 19.1 Å². The molecule has 7 nitrogen and oxygen atoms in total. The van der Waals surface area contributed by atoms with Crippen molar-refractivity contribution in [2.24, 2.45) is 0 Å². The summed E-state index contributed by atoms with van der Waals surface area (Å²) in [6.45, 7) is 1.77. The molecule has 1 aromatic carbocycles. The second-order valence-corrected chi connectivity index (χ2v) is 5.10. The number of hydrogen-bond acceptors (Lipinski definition) is 6. The number of rotatable bonds is 6. The molecule has 1 atom stereocenters. The Balaban J connectivity index is 1.92. The summed E-state index contributed by atoms with van der Waals surface area (Å²) in [4.78, 5) is 29.3. The van der Waals surface area contributed by atoms with Gasteiger partial charge in [-0.25, -0.2) is 9.78 Å². The molecular formula is C17H17N3O4. The molecule has 0 N–H and O–H groups in total. The molecule has 124 valence electrons. The molecule has 0 aliphatic heterocycles. The number of benzene rings is 1. The molecule has 0 saturated heterocycles. The van der Waals surface area contributed by atoms with Crippen LogP contribution in [-0.4, -0.2) is 41.5 Å². The Kier molecular flexibility index (Phi) is 5.68. The van der Waals surface area contributed by atoms with Crippen LogP contribution in [0.4, 0.5) is 0 Å². The van der Waals surface area contributed by atoms with Gasteiger partial charge in [0.1, 0.15) is 5.52 Å². The highest BCUT2D eigenvalue weighted by molar-refractivity contribution is 5.90. The first kappa shape index (κ1) is 17.2. The van der Waals surface area contributed by atoms with E-state index in [1.54, 1.807) is 19.2 Å². The summed E-state index contributed by atoms with van der Waals surface area (Å²) < 4.78 is 10.5. The molecule has 1 aromatic heterocycles. The zero-order valence-electron chi connectivity index (χ0n) is 13.4. The topological polar surface area (TPSA) is 96.4 Å². The number of likely N-dealkylation sites (N-methyl/N-ethyl adjacent to an activating group) is 1. The van der Waals surface area contributed by atoms with Crippen LogP contribution in [0.5, 0.6) is 0 Å². The number of nitriles is 1. The van der Waals surface area contributed by atoms with E-state index in [2.05, 4.69) is 4.98 Å². The molecule has 0 aliphatic rings. The molecule has 0 unspecified atom stereocenters.